The Balaban J connectivity index is 0.747. The number of fused-ring (bicyclic) bond motifs is 3. The van der Waals surface area contributed by atoms with Crippen molar-refractivity contribution in [3.8, 4) is 17.0 Å². The van der Waals surface area contributed by atoms with E-state index in [9.17, 15) is 9.59 Å². The van der Waals surface area contributed by atoms with E-state index in [0.717, 1.165) is 114 Å². The lowest BCUT2D eigenvalue weighted by Gasteiger charge is -2.42. The van der Waals surface area contributed by atoms with Crippen molar-refractivity contribution < 1.29 is 14.3 Å². The number of imide groups is 1. The molecule has 4 aliphatic heterocycles. The Kier molecular flexibility index (Phi) is 9.27. The average molecular weight is 778 g/mol. The van der Waals surface area contributed by atoms with Gasteiger partial charge in [0, 0.05) is 80.1 Å². The molecule has 0 unspecified atom stereocenters. The number of benzene rings is 3. The smallest absolute Gasteiger partial charge is 0.329 e. The van der Waals surface area contributed by atoms with Crippen molar-refractivity contribution in [2.75, 3.05) is 66.3 Å². The molecule has 58 heavy (non-hydrogen) atoms. The lowest BCUT2D eigenvalue weighted by molar-refractivity contribution is -0.120. The number of hydrogen-bond donors (Lipinski definition) is 3. The lowest BCUT2D eigenvalue weighted by atomic mass is 9.88. The van der Waals surface area contributed by atoms with Gasteiger partial charge in [0.2, 0.25) is 17.7 Å². The first-order chi connectivity index (χ1) is 28.4. The van der Waals surface area contributed by atoms with Crippen LogP contribution in [0.1, 0.15) is 49.1 Å². The summed E-state index contributed by atoms with van der Waals surface area (Å²) in [5.74, 6) is 2.13. The number of rotatable bonds is 7. The molecule has 14 nitrogen and oxygen atoms in total. The van der Waals surface area contributed by atoms with Gasteiger partial charge in [0.15, 0.2) is 5.82 Å². The molecule has 3 N–H and O–H groups in total. The summed E-state index contributed by atoms with van der Waals surface area (Å²) in [5, 5.41) is 15.9. The fourth-order valence-corrected chi connectivity index (χ4v) is 9.32. The number of ether oxygens (including phenoxy) is 1. The first-order valence-corrected chi connectivity index (χ1v) is 20.4. The largest absolute Gasteiger partial charge is 0.474 e. The normalized spacial score (nSPS) is 18.2. The second-order valence-electron chi connectivity index (χ2n) is 15.9. The van der Waals surface area contributed by atoms with Gasteiger partial charge in [0.1, 0.15) is 12.3 Å². The van der Waals surface area contributed by atoms with Crippen molar-refractivity contribution in [2.24, 2.45) is 7.05 Å². The van der Waals surface area contributed by atoms with Gasteiger partial charge < -0.3 is 25.2 Å². The molecule has 3 amide bonds. The molecule has 3 fully saturated rings. The highest BCUT2D eigenvalue weighted by Crippen LogP contribution is 2.38. The molecule has 0 spiro atoms. The minimum Gasteiger partial charge on any atom is -0.474 e. The van der Waals surface area contributed by atoms with Crippen molar-refractivity contribution >= 4 is 62.6 Å². The molecule has 296 valence electrons. The van der Waals surface area contributed by atoms with Crippen LogP contribution >= 0.6 is 0 Å². The van der Waals surface area contributed by atoms with Crippen LogP contribution in [0.5, 0.6) is 5.88 Å². The van der Waals surface area contributed by atoms with Gasteiger partial charge >= 0.3 is 6.03 Å². The first kappa shape index (κ1) is 36.1. The molecule has 3 aromatic carbocycles. The summed E-state index contributed by atoms with van der Waals surface area (Å²) in [5.41, 5.74) is 9.57. The summed E-state index contributed by atoms with van der Waals surface area (Å²) in [6.45, 7) is 7.98. The van der Waals surface area contributed by atoms with E-state index in [4.69, 9.17) is 14.8 Å². The number of aryl methyl sites for hydroxylation is 1. The number of nitrogens with zero attached hydrogens (tertiary/aromatic N) is 8. The van der Waals surface area contributed by atoms with Crippen molar-refractivity contribution in [3.63, 3.8) is 0 Å². The zero-order chi connectivity index (χ0) is 39.3. The molecule has 3 saturated heterocycles. The second kappa shape index (κ2) is 14.9. The second-order valence-corrected chi connectivity index (χ2v) is 15.9. The predicted octanol–water partition coefficient (Wildman–Crippen LogP) is 6.73. The van der Waals surface area contributed by atoms with E-state index >= 15 is 0 Å². The van der Waals surface area contributed by atoms with Crippen molar-refractivity contribution in [1.82, 2.24) is 34.9 Å². The maximum atomic E-state index is 12.6. The summed E-state index contributed by atoms with van der Waals surface area (Å²) in [6, 6.07) is 21.5. The van der Waals surface area contributed by atoms with Crippen LogP contribution in [0.2, 0.25) is 0 Å². The Morgan fingerprint density at radius 2 is 1.72 bits per heavy atom. The van der Waals surface area contributed by atoms with Crippen LogP contribution in [-0.4, -0.2) is 93.5 Å². The van der Waals surface area contributed by atoms with E-state index in [1.165, 1.54) is 5.56 Å². The zero-order valence-corrected chi connectivity index (χ0v) is 32.9. The zero-order valence-electron chi connectivity index (χ0n) is 32.9. The predicted molar refractivity (Wildman–Crippen MR) is 226 cm³/mol. The van der Waals surface area contributed by atoms with Crippen molar-refractivity contribution in [2.45, 2.75) is 51.0 Å². The fourth-order valence-electron chi connectivity index (χ4n) is 9.32. The van der Waals surface area contributed by atoms with E-state index in [-0.39, 0.29) is 12.3 Å². The third-order valence-corrected chi connectivity index (χ3v) is 12.5. The number of hydrogen-bond acceptors (Lipinski definition) is 11. The maximum Gasteiger partial charge on any atom is 0.329 e. The first-order valence-electron chi connectivity index (χ1n) is 20.4. The SMILES string of the molecule is Cc1c(-c2ccc3cnc(Nc4ccc(C5CCN(C6CCN(c7cccc8c(N9CCC(=O)NC9=O)nn(C)c78)CC6)CC5)cc4)nc3c2)cnc2c1NCCO2. The van der Waals surface area contributed by atoms with Gasteiger partial charge in [0.05, 0.1) is 16.7 Å². The van der Waals surface area contributed by atoms with E-state index in [0.29, 0.717) is 42.8 Å². The van der Waals surface area contributed by atoms with Gasteiger partial charge in [-0.15, -0.1) is 0 Å². The topological polar surface area (TPSA) is 146 Å². The van der Waals surface area contributed by atoms with Gasteiger partial charge in [0.25, 0.3) is 0 Å². The molecule has 0 aliphatic carbocycles. The number of anilines is 5. The number of para-hydroxylation sites is 1. The molecule has 0 radical (unpaired) electrons. The Morgan fingerprint density at radius 1 is 0.897 bits per heavy atom. The van der Waals surface area contributed by atoms with Crippen LogP contribution < -0.4 is 30.5 Å². The summed E-state index contributed by atoms with van der Waals surface area (Å²) in [6.07, 6.45) is 8.54. The Hall–Kier alpha value is -6.28. The number of carbonyl (C=O) groups excluding carboxylic acids is 2. The minimum absolute atomic E-state index is 0.245. The van der Waals surface area contributed by atoms with Crippen LogP contribution in [0, 0.1) is 6.92 Å². The molecule has 3 aromatic heterocycles. The van der Waals surface area contributed by atoms with Crippen LogP contribution in [0.3, 0.4) is 0 Å². The molecular formula is C44H47N11O3. The van der Waals surface area contributed by atoms with E-state index in [1.807, 2.05) is 36.3 Å². The van der Waals surface area contributed by atoms with Crippen molar-refractivity contribution in [1.29, 1.82) is 0 Å². The quantitative estimate of drug-likeness (QED) is 0.159. The third-order valence-electron chi connectivity index (χ3n) is 12.5. The molecule has 7 heterocycles. The highest BCUT2D eigenvalue weighted by Gasteiger charge is 2.32. The third kappa shape index (κ3) is 6.70. The summed E-state index contributed by atoms with van der Waals surface area (Å²) < 4.78 is 7.60. The van der Waals surface area contributed by atoms with Crippen LogP contribution in [0.4, 0.5) is 33.6 Å². The Bertz CT molecular complexity index is 2540. The standard InChI is InChI=1S/C44H47N11O3/c1-27-35(26-46-42-39(27)45-17-23-58-42)30-6-7-31-25-47-43(49-36(31)24-30)48-32-10-8-28(9-11-32)29-12-18-53(19-13-29)33-14-20-54(21-15-33)37-5-3-4-34-40(37)52(2)51-41(34)55-22-16-38(56)50-44(55)57/h3-11,24-26,29,33,45H,12-23H2,1-2H3,(H,47,48,49)(H,50,56,57). The molecular weight excluding hydrogens is 731 g/mol. The molecule has 10 rings (SSSR count). The summed E-state index contributed by atoms with van der Waals surface area (Å²) in [7, 11) is 1.93. The van der Waals surface area contributed by atoms with Gasteiger partial charge in [-0.2, -0.15) is 5.10 Å². The number of aromatic nitrogens is 5. The van der Waals surface area contributed by atoms with Gasteiger partial charge in [-0.3, -0.25) is 19.7 Å². The molecule has 0 bridgehead atoms. The van der Waals surface area contributed by atoms with E-state index in [2.05, 4.69) is 91.2 Å². The van der Waals surface area contributed by atoms with Crippen LogP contribution in [-0.2, 0) is 11.8 Å². The maximum absolute atomic E-state index is 12.6. The van der Waals surface area contributed by atoms with Gasteiger partial charge in [-0.05, 0) is 98.6 Å². The highest BCUT2D eigenvalue weighted by molar-refractivity contribution is 6.10. The number of likely N-dealkylation sites (tertiary alicyclic amines) is 1. The summed E-state index contributed by atoms with van der Waals surface area (Å²) >= 11 is 0. The van der Waals surface area contributed by atoms with Gasteiger partial charge in [-0.1, -0.05) is 30.3 Å². The van der Waals surface area contributed by atoms with Gasteiger partial charge in [-0.25, -0.2) is 19.7 Å². The number of carbonyl (C=O) groups is 2. The van der Waals surface area contributed by atoms with Crippen LogP contribution in [0.25, 0.3) is 32.9 Å². The summed E-state index contributed by atoms with van der Waals surface area (Å²) in [4.78, 5) is 45.2. The lowest BCUT2D eigenvalue weighted by Crippen LogP contribution is -2.49. The Morgan fingerprint density at radius 3 is 2.53 bits per heavy atom. The molecule has 0 saturated carbocycles. The number of piperidine rings is 2. The average Bonchev–Trinajstić information content (AvgIpc) is 3.60. The molecule has 14 heteroatoms. The number of pyridine rings is 1. The van der Waals surface area contributed by atoms with E-state index < -0.39 is 6.03 Å². The molecule has 0 atom stereocenters. The number of urea groups is 1. The molecule has 4 aliphatic rings. The number of nitrogens with one attached hydrogen (secondary N) is 3. The van der Waals surface area contributed by atoms with Crippen LogP contribution in [0.15, 0.2) is 73.1 Å². The van der Waals surface area contributed by atoms with E-state index in [1.54, 1.807) is 4.90 Å². The Labute approximate surface area is 336 Å². The fraction of sp³-hybridized carbons (Fsp3) is 0.364. The number of amides is 3. The monoisotopic (exact) mass is 777 g/mol. The minimum atomic E-state index is -0.410. The molecule has 6 aromatic rings. The van der Waals surface area contributed by atoms with Crippen molar-refractivity contribution in [3.05, 3.63) is 84.2 Å². The highest BCUT2D eigenvalue weighted by atomic mass is 16.5.